The Labute approximate surface area is 225 Å². The zero-order valence-electron chi connectivity index (χ0n) is 17.7. The molecule has 0 aliphatic rings. The summed E-state index contributed by atoms with van der Waals surface area (Å²) >= 11 is 14.6. The highest BCUT2D eigenvalue weighted by Gasteiger charge is 2.15. The molecule has 1 amide bonds. The van der Waals surface area contributed by atoms with E-state index in [0.717, 1.165) is 5.56 Å². The van der Waals surface area contributed by atoms with E-state index in [-0.39, 0.29) is 24.0 Å². The summed E-state index contributed by atoms with van der Waals surface area (Å²) in [6, 6.07) is 20.7. The summed E-state index contributed by atoms with van der Waals surface area (Å²) in [4.78, 5) is 17.1. The van der Waals surface area contributed by atoms with E-state index in [0.29, 0.717) is 43.5 Å². The predicted octanol–water partition coefficient (Wildman–Crippen LogP) is 7.64. The molecule has 0 bridgehead atoms. The molecule has 0 radical (unpaired) electrons. The number of phenolic OH excluding ortho intramolecular Hbond substituents is 1. The Morgan fingerprint density at radius 3 is 2.61 bits per heavy atom. The number of aromatic hydroxyl groups is 1. The van der Waals surface area contributed by atoms with Gasteiger partial charge in [0.25, 0.3) is 5.91 Å². The van der Waals surface area contributed by atoms with Crippen molar-refractivity contribution < 1.29 is 18.7 Å². The van der Waals surface area contributed by atoms with Gasteiger partial charge in [-0.15, -0.1) is 0 Å². The molecule has 0 spiro atoms. The summed E-state index contributed by atoms with van der Waals surface area (Å²) in [5.74, 6) is 0.674. The van der Waals surface area contributed by atoms with Gasteiger partial charge in [0.2, 0.25) is 5.89 Å². The lowest BCUT2D eigenvalue weighted by Crippen LogP contribution is -2.33. The van der Waals surface area contributed by atoms with Crippen molar-refractivity contribution in [1.29, 1.82) is 0 Å². The number of aromatic nitrogens is 1. The van der Waals surface area contributed by atoms with Gasteiger partial charge >= 0.3 is 0 Å². The Hall–Kier alpha value is -3.66. The van der Waals surface area contributed by atoms with Gasteiger partial charge < -0.3 is 19.3 Å². The number of phenols is 1. The average Bonchev–Trinajstić information content (AvgIpc) is 3.48. The van der Waals surface area contributed by atoms with Gasteiger partial charge in [0.1, 0.15) is 17.0 Å². The van der Waals surface area contributed by atoms with Gasteiger partial charge in [-0.05, 0) is 88.8 Å². The van der Waals surface area contributed by atoms with Crippen LogP contribution >= 0.6 is 39.7 Å². The van der Waals surface area contributed by atoms with Crippen molar-refractivity contribution in [2.45, 2.75) is 7.43 Å². The molecule has 2 heterocycles. The first-order valence-corrected chi connectivity index (χ1v) is 11.8. The quantitative estimate of drug-likeness (QED) is 0.187. The van der Waals surface area contributed by atoms with Crippen LogP contribution in [0.4, 0.5) is 5.69 Å². The molecule has 0 aliphatic carbocycles. The van der Waals surface area contributed by atoms with Crippen LogP contribution < -0.4 is 10.6 Å². The van der Waals surface area contributed by atoms with Gasteiger partial charge in [-0.25, -0.2) is 4.98 Å². The fourth-order valence-electron chi connectivity index (χ4n) is 3.35. The number of halogens is 2. The van der Waals surface area contributed by atoms with E-state index in [9.17, 15) is 9.90 Å². The molecule has 182 valence electrons. The fraction of sp³-hybridized carbons (Fsp3) is 0.0385. The summed E-state index contributed by atoms with van der Waals surface area (Å²) in [5, 5.41) is 15.9. The number of nitrogens with one attached hydrogen (secondary N) is 2. The van der Waals surface area contributed by atoms with E-state index < -0.39 is 5.91 Å². The Morgan fingerprint density at radius 1 is 1.00 bits per heavy atom. The molecule has 3 N–H and O–H groups in total. The standard InChI is InChI=1S/C25H15BrClN3O4S.CH4/c26-17-11-14(4-6-19(17)31)24-29-18-12-16(5-7-21(18)34-24)28-25(35)30-23(32)22-9-8-20(33-22)13-2-1-3-15(27)10-13;/h1-12,31H,(H2,28,30,32,35);1H4. The SMILES string of the molecule is C.O=C(NC(=S)Nc1ccc2oc(-c3ccc(O)c(Br)c3)nc2c1)c1ccc(-c2cccc(Cl)c2)o1. The lowest BCUT2D eigenvalue weighted by atomic mass is 10.2. The van der Waals surface area contributed by atoms with Crippen molar-refractivity contribution >= 4 is 67.6 Å². The predicted molar refractivity (Wildman–Crippen MR) is 148 cm³/mol. The van der Waals surface area contributed by atoms with E-state index in [2.05, 4.69) is 31.5 Å². The number of benzene rings is 3. The molecule has 0 saturated heterocycles. The molecule has 5 aromatic rings. The Kier molecular flexibility index (Phi) is 7.44. The summed E-state index contributed by atoms with van der Waals surface area (Å²) in [6.45, 7) is 0. The number of amides is 1. The van der Waals surface area contributed by atoms with Crippen LogP contribution in [-0.4, -0.2) is 21.1 Å². The van der Waals surface area contributed by atoms with Gasteiger partial charge in [-0.3, -0.25) is 10.1 Å². The second-order valence-corrected chi connectivity index (χ2v) is 9.15. The van der Waals surface area contributed by atoms with Crippen LogP contribution in [0.5, 0.6) is 5.75 Å². The van der Waals surface area contributed by atoms with Crippen molar-refractivity contribution in [3.05, 3.63) is 88.1 Å². The van der Waals surface area contributed by atoms with E-state index in [1.165, 1.54) is 0 Å². The molecule has 0 fully saturated rings. The van der Waals surface area contributed by atoms with Gasteiger partial charge in [0, 0.05) is 21.8 Å². The number of carbonyl (C=O) groups is 1. The Balaban J connectivity index is 0.00000304. The first-order chi connectivity index (χ1) is 16.9. The van der Waals surface area contributed by atoms with Crippen molar-refractivity contribution in [2.75, 3.05) is 5.32 Å². The van der Waals surface area contributed by atoms with Crippen molar-refractivity contribution in [2.24, 2.45) is 0 Å². The number of thiocarbonyl (C=S) groups is 1. The molecule has 0 saturated carbocycles. The van der Waals surface area contributed by atoms with Crippen LogP contribution in [0.15, 0.2) is 86.1 Å². The number of rotatable bonds is 4. The summed E-state index contributed by atoms with van der Waals surface area (Å²) in [5.41, 5.74) is 3.26. The van der Waals surface area contributed by atoms with Gasteiger partial charge in [-0.2, -0.15) is 0 Å². The number of fused-ring (bicyclic) bond motifs is 1. The molecular formula is C26H19BrClN3O4S. The van der Waals surface area contributed by atoms with Gasteiger partial charge in [0.05, 0.1) is 4.47 Å². The number of anilines is 1. The molecule has 5 rings (SSSR count). The van der Waals surface area contributed by atoms with E-state index in [4.69, 9.17) is 32.7 Å². The van der Waals surface area contributed by atoms with Crippen molar-refractivity contribution in [3.63, 3.8) is 0 Å². The molecular weight excluding hydrogens is 566 g/mol. The highest BCUT2D eigenvalue weighted by Crippen LogP contribution is 2.31. The summed E-state index contributed by atoms with van der Waals surface area (Å²) < 4.78 is 12.0. The van der Waals surface area contributed by atoms with E-state index in [1.54, 1.807) is 66.7 Å². The molecule has 0 atom stereocenters. The third kappa shape index (κ3) is 5.43. The molecule has 2 aromatic heterocycles. The van der Waals surface area contributed by atoms with E-state index in [1.807, 2.05) is 6.07 Å². The topological polar surface area (TPSA) is 101 Å². The number of nitrogens with zero attached hydrogens (tertiary/aromatic N) is 1. The third-order valence-corrected chi connectivity index (χ3v) is 6.08. The third-order valence-electron chi connectivity index (χ3n) is 5.01. The minimum Gasteiger partial charge on any atom is -0.507 e. The van der Waals surface area contributed by atoms with Gasteiger partial charge in [-0.1, -0.05) is 31.2 Å². The zero-order chi connectivity index (χ0) is 24.5. The maximum absolute atomic E-state index is 12.6. The van der Waals surface area contributed by atoms with Gasteiger partial charge in [0.15, 0.2) is 16.5 Å². The molecule has 7 nitrogen and oxygen atoms in total. The summed E-state index contributed by atoms with van der Waals surface area (Å²) in [6.07, 6.45) is 0. The van der Waals surface area contributed by atoms with Crippen molar-refractivity contribution in [3.8, 4) is 28.5 Å². The highest BCUT2D eigenvalue weighted by molar-refractivity contribution is 9.10. The summed E-state index contributed by atoms with van der Waals surface area (Å²) in [7, 11) is 0. The van der Waals surface area contributed by atoms with Crippen LogP contribution in [0.2, 0.25) is 5.02 Å². The zero-order valence-corrected chi connectivity index (χ0v) is 20.9. The number of oxazole rings is 1. The molecule has 3 aromatic carbocycles. The number of furan rings is 1. The first-order valence-electron chi connectivity index (χ1n) is 10.2. The lowest BCUT2D eigenvalue weighted by molar-refractivity contribution is 0.0951. The minimum absolute atomic E-state index is 0. The first kappa shape index (κ1) is 25.4. The molecule has 0 unspecified atom stereocenters. The van der Waals surface area contributed by atoms with E-state index >= 15 is 0 Å². The Bertz CT molecular complexity index is 1600. The number of hydrogen-bond donors (Lipinski definition) is 3. The Morgan fingerprint density at radius 2 is 1.83 bits per heavy atom. The monoisotopic (exact) mass is 583 g/mol. The maximum Gasteiger partial charge on any atom is 0.293 e. The molecule has 36 heavy (non-hydrogen) atoms. The average molecular weight is 585 g/mol. The van der Waals surface area contributed by atoms with Crippen molar-refractivity contribution in [1.82, 2.24) is 10.3 Å². The van der Waals surface area contributed by atoms with Crippen LogP contribution in [0.3, 0.4) is 0 Å². The molecule has 0 aliphatic heterocycles. The van der Waals surface area contributed by atoms with Crippen LogP contribution in [0.25, 0.3) is 33.9 Å². The number of hydrogen-bond acceptors (Lipinski definition) is 6. The fourth-order valence-corrected chi connectivity index (χ4v) is 4.13. The highest BCUT2D eigenvalue weighted by atomic mass is 79.9. The van der Waals surface area contributed by atoms with Crippen LogP contribution in [0.1, 0.15) is 18.0 Å². The molecule has 10 heteroatoms. The van der Waals surface area contributed by atoms with Crippen LogP contribution in [-0.2, 0) is 0 Å². The second-order valence-electron chi connectivity index (χ2n) is 7.45. The second kappa shape index (κ2) is 10.5. The minimum atomic E-state index is -0.488. The maximum atomic E-state index is 12.6. The largest absolute Gasteiger partial charge is 0.507 e. The smallest absolute Gasteiger partial charge is 0.293 e. The lowest BCUT2D eigenvalue weighted by Gasteiger charge is -2.08. The number of carbonyl (C=O) groups excluding carboxylic acids is 1. The van der Waals surface area contributed by atoms with Crippen LogP contribution in [0, 0.1) is 0 Å². The normalized spacial score (nSPS) is 10.6.